The van der Waals surface area contributed by atoms with Crippen molar-refractivity contribution < 1.29 is 24.5 Å². The Morgan fingerprint density at radius 1 is 1.19 bits per heavy atom. The maximum atomic E-state index is 12.4. The first kappa shape index (κ1) is 15.3. The number of aromatic hydroxyl groups is 1. The van der Waals surface area contributed by atoms with Crippen LogP contribution in [0.3, 0.4) is 0 Å². The van der Waals surface area contributed by atoms with Crippen molar-refractivity contribution in [3.05, 3.63) is 23.8 Å². The van der Waals surface area contributed by atoms with E-state index in [2.05, 4.69) is 5.32 Å². The molecule has 1 aliphatic rings. The molecule has 1 fully saturated rings. The zero-order chi connectivity index (χ0) is 15.7. The summed E-state index contributed by atoms with van der Waals surface area (Å²) in [4.78, 5) is 23.3. The summed E-state index contributed by atoms with van der Waals surface area (Å²) in [5.74, 6) is -2.26. The van der Waals surface area contributed by atoms with Gasteiger partial charge in [0.25, 0.3) is 0 Å². The molecule has 114 valence electrons. The van der Waals surface area contributed by atoms with Gasteiger partial charge < -0.3 is 20.3 Å². The maximum Gasteiger partial charge on any atom is 0.339 e. The molecule has 1 aromatic rings. The number of aromatic carboxylic acids is 1. The summed E-state index contributed by atoms with van der Waals surface area (Å²) in [5, 5.41) is 21.5. The molecule has 21 heavy (non-hydrogen) atoms. The largest absolute Gasteiger partial charge is 0.505 e. The van der Waals surface area contributed by atoms with Crippen LogP contribution in [0.1, 0.15) is 31.1 Å². The van der Waals surface area contributed by atoms with E-state index in [1.54, 1.807) is 0 Å². The van der Waals surface area contributed by atoms with Crippen molar-refractivity contribution in [2.45, 2.75) is 33.0 Å². The lowest BCUT2D eigenvalue weighted by Gasteiger charge is -2.18. The zero-order valence-electron chi connectivity index (χ0n) is 12.2. The third-order valence-electron chi connectivity index (χ3n) is 4.07. The highest BCUT2D eigenvalue weighted by atomic mass is 16.5. The van der Waals surface area contributed by atoms with E-state index in [9.17, 15) is 14.7 Å². The highest BCUT2D eigenvalue weighted by Crippen LogP contribution is 2.34. The maximum absolute atomic E-state index is 12.4. The summed E-state index contributed by atoms with van der Waals surface area (Å²) >= 11 is 0. The summed E-state index contributed by atoms with van der Waals surface area (Å²) in [6.07, 6.45) is -0.241. The second-order valence-electron chi connectivity index (χ2n) is 5.43. The predicted molar refractivity (Wildman–Crippen MR) is 76.4 cm³/mol. The number of carbonyl (C=O) groups excluding carboxylic acids is 1. The van der Waals surface area contributed by atoms with E-state index in [0.717, 1.165) is 0 Å². The van der Waals surface area contributed by atoms with Gasteiger partial charge in [-0.3, -0.25) is 4.79 Å². The molecule has 1 aromatic carbocycles. The van der Waals surface area contributed by atoms with Gasteiger partial charge in [0, 0.05) is 0 Å². The first-order valence-corrected chi connectivity index (χ1v) is 6.84. The molecule has 3 N–H and O–H groups in total. The average molecular weight is 293 g/mol. The third-order valence-corrected chi connectivity index (χ3v) is 4.07. The van der Waals surface area contributed by atoms with Crippen molar-refractivity contribution in [1.82, 2.24) is 0 Å². The van der Waals surface area contributed by atoms with Gasteiger partial charge in [-0.1, -0.05) is 13.0 Å². The predicted octanol–water partition coefficient (Wildman–Crippen LogP) is 2.09. The molecule has 0 saturated carbocycles. The van der Waals surface area contributed by atoms with Crippen LogP contribution >= 0.6 is 0 Å². The Morgan fingerprint density at radius 2 is 1.86 bits per heavy atom. The molecule has 0 aliphatic carbocycles. The van der Waals surface area contributed by atoms with Crippen LogP contribution < -0.4 is 5.32 Å². The number of rotatable bonds is 3. The van der Waals surface area contributed by atoms with Crippen molar-refractivity contribution in [3.63, 3.8) is 0 Å². The van der Waals surface area contributed by atoms with E-state index in [4.69, 9.17) is 9.84 Å². The highest BCUT2D eigenvalue weighted by molar-refractivity contribution is 5.98. The van der Waals surface area contributed by atoms with E-state index in [-0.39, 0.29) is 41.2 Å². The van der Waals surface area contributed by atoms with E-state index < -0.39 is 11.7 Å². The van der Waals surface area contributed by atoms with Gasteiger partial charge >= 0.3 is 5.97 Å². The number of para-hydroxylation sites is 1. The molecular formula is C15H19NO5. The van der Waals surface area contributed by atoms with Crippen molar-refractivity contribution in [2.75, 3.05) is 5.32 Å². The average Bonchev–Trinajstić information content (AvgIpc) is 2.65. The number of carboxylic acid groups (broad SMARTS) is 1. The van der Waals surface area contributed by atoms with Gasteiger partial charge in [-0.15, -0.1) is 0 Å². The standard InChI is InChI=1S/C15H19NO5/c1-7-8(2)21-9(3)12(7)14(18)16-11-6-4-5-10(13(11)17)15(19)20/h4-9,12,17H,1-3H3,(H,16,18)(H,19,20). The molecule has 2 rings (SSSR count). The molecule has 1 heterocycles. The fraction of sp³-hybridized carbons (Fsp3) is 0.467. The summed E-state index contributed by atoms with van der Waals surface area (Å²) in [5.41, 5.74) is -0.149. The number of benzene rings is 1. The lowest BCUT2D eigenvalue weighted by molar-refractivity contribution is -0.122. The number of carbonyl (C=O) groups is 2. The fourth-order valence-electron chi connectivity index (χ4n) is 2.75. The van der Waals surface area contributed by atoms with Gasteiger partial charge in [0.1, 0.15) is 5.56 Å². The third kappa shape index (κ3) is 2.85. The van der Waals surface area contributed by atoms with Crippen molar-refractivity contribution >= 4 is 17.6 Å². The molecule has 6 heteroatoms. The second kappa shape index (κ2) is 5.73. The van der Waals surface area contributed by atoms with E-state index in [0.29, 0.717) is 0 Å². The molecule has 4 unspecified atom stereocenters. The van der Waals surface area contributed by atoms with Gasteiger partial charge in [-0.25, -0.2) is 4.79 Å². The number of hydrogen-bond acceptors (Lipinski definition) is 4. The van der Waals surface area contributed by atoms with Crippen LogP contribution in [-0.4, -0.2) is 34.3 Å². The van der Waals surface area contributed by atoms with Gasteiger partial charge in [0.2, 0.25) is 5.91 Å². The Kier molecular flexibility index (Phi) is 4.18. The second-order valence-corrected chi connectivity index (χ2v) is 5.43. The molecule has 0 bridgehead atoms. The number of carboxylic acids is 1. The van der Waals surface area contributed by atoms with Gasteiger partial charge in [-0.05, 0) is 31.9 Å². The van der Waals surface area contributed by atoms with Crippen LogP contribution in [0.4, 0.5) is 5.69 Å². The number of hydrogen-bond donors (Lipinski definition) is 3. The number of anilines is 1. The van der Waals surface area contributed by atoms with E-state index >= 15 is 0 Å². The Hall–Kier alpha value is -2.08. The zero-order valence-corrected chi connectivity index (χ0v) is 12.2. The van der Waals surface area contributed by atoms with Gasteiger partial charge in [-0.2, -0.15) is 0 Å². The Labute approximate surface area is 122 Å². The van der Waals surface area contributed by atoms with E-state index in [1.807, 2.05) is 20.8 Å². The number of nitrogens with one attached hydrogen (secondary N) is 1. The Balaban J connectivity index is 2.21. The van der Waals surface area contributed by atoms with Crippen molar-refractivity contribution in [1.29, 1.82) is 0 Å². The molecule has 6 nitrogen and oxygen atoms in total. The summed E-state index contributed by atoms with van der Waals surface area (Å²) in [7, 11) is 0. The van der Waals surface area contributed by atoms with Crippen LogP contribution in [0.15, 0.2) is 18.2 Å². The monoisotopic (exact) mass is 293 g/mol. The summed E-state index contributed by atoms with van der Waals surface area (Å²) in [6.45, 7) is 5.68. The minimum atomic E-state index is -1.25. The highest BCUT2D eigenvalue weighted by Gasteiger charge is 2.41. The molecule has 0 aromatic heterocycles. The normalized spacial score (nSPS) is 28.3. The minimum absolute atomic E-state index is 0.0188. The summed E-state index contributed by atoms with van der Waals surface area (Å²) in [6, 6.07) is 4.22. The molecular weight excluding hydrogens is 274 g/mol. The lowest BCUT2D eigenvalue weighted by Crippen LogP contribution is -2.32. The van der Waals surface area contributed by atoms with Crippen molar-refractivity contribution in [2.24, 2.45) is 11.8 Å². The van der Waals surface area contributed by atoms with Gasteiger partial charge in [0.15, 0.2) is 5.75 Å². The molecule has 1 aliphatic heterocycles. The van der Waals surface area contributed by atoms with Crippen LogP contribution in [-0.2, 0) is 9.53 Å². The lowest BCUT2D eigenvalue weighted by atomic mass is 9.89. The quantitative estimate of drug-likeness (QED) is 0.742. The Morgan fingerprint density at radius 3 is 2.38 bits per heavy atom. The van der Waals surface area contributed by atoms with Gasteiger partial charge in [0.05, 0.1) is 23.8 Å². The van der Waals surface area contributed by atoms with Crippen LogP contribution in [0.2, 0.25) is 0 Å². The number of ether oxygens (including phenoxy) is 1. The van der Waals surface area contributed by atoms with Crippen molar-refractivity contribution in [3.8, 4) is 5.75 Å². The smallest absolute Gasteiger partial charge is 0.339 e. The summed E-state index contributed by atoms with van der Waals surface area (Å²) < 4.78 is 5.62. The number of phenols is 1. The van der Waals surface area contributed by atoms with Crippen LogP contribution in [0, 0.1) is 11.8 Å². The number of amides is 1. The first-order chi connectivity index (χ1) is 9.82. The van der Waals surface area contributed by atoms with E-state index in [1.165, 1.54) is 18.2 Å². The van der Waals surface area contributed by atoms with Crippen LogP contribution in [0.25, 0.3) is 0 Å². The van der Waals surface area contributed by atoms with Crippen LogP contribution in [0.5, 0.6) is 5.75 Å². The fourth-order valence-corrected chi connectivity index (χ4v) is 2.75. The molecule has 1 amide bonds. The molecule has 1 saturated heterocycles. The molecule has 4 atom stereocenters. The topological polar surface area (TPSA) is 95.9 Å². The minimum Gasteiger partial charge on any atom is -0.505 e. The first-order valence-electron chi connectivity index (χ1n) is 6.84. The molecule has 0 spiro atoms. The SMILES string of the molecule is CC1OC(C)C(C(=O)Nc2cccc(C(=O)O)c2O)C1C. The molecule has 0 radical (unpaired) electrons. The Bertz CT molecular complexity index is 571.